The number of hydrogen-bond acceptors (Lipinski definition) is 4. The SMILES string of the molecule is CCCC(C)CCOC(=O)Nc1ccccc1[N+](=O)[O-]. The monoisotopic (exact) mass is 280 g/mol. The second-order valence-electron chi connectivity index (χ2n) is 4.72. The number of anilines is 1. The first-order valence-electron chi connectivity index (χ1n) is 6.71. The van der Waals surface area contributed by atoms with Crippen molar-refractivity contribution in [3.8, 4) is 0 Å². The summed E-state index contributed by atoms with van der Waals surface area (Å²) in [7, 11) is 0. The predicted molar refractivity (Wildman–Crippen MR) is 76.8 cm³/mol. The van der Waals surface area contributed by atoms with Gasteiger partial charge in [0.2, 0.25) is 0 Å². The fourth-order valence-corrected chi connectivity index (χ4v) is 1.87. The molecule has 20 heavy (non-hydrogen) atoms. The molecule has 1 atom stereocenters. The van der Waals surface area contributed by atoms with E-state index in [1.54, 1.807) is 12.1 Å². The molecular formula is C14H20N2O4. The number of para-hydroxylation sites is 2. The lowest BCUT2D eigenvalue weighted by Gasteiger charge is -2.11. The van der Waals surface area contributed by atoms with Gasteiger partial charge < -0.3 is 4.74 Å². The summed E-state index contributed by atoms with van der Waals surface area (Å²) in [6.45, 7) is 4.53. The Labute approximate surface area is 118 Å². The molecule has 6 heteroatoms. The highest BCUT2D eigenvalue weighted by molar-refractivity contribution is 5.87. The normalized spacial score (nSPS) is 11.7. The average Bonchev–Trinajstić information content (AvgIpc) is 2.39. The highest BCUT2D eigenvalue weighted by Crippen LogP contribution is 2.23. The Morgan fingerprint density at radius 1 is 1.40 bits per heavy atom. The van der Waals surface area contributed by atoms with Crippen LogP contribution in [0.5, 0.6) is 0 Å². The maximum atomic E-state index is 11.6. The van der Waals surface area contributed by atoms with E-state index in [-0.39, 0.29) is 11.4 Å². The molecule has 1 aromatic carbocycles. The molecule has 110 valence electrons. The van der Waals surface area contributed by atoms with Crippen LogP contribution in [0.25, 0.3) is 0 Å². The molecule has 0 aliphatic heterocycles. The van der Waals surface area contributed by atoms with E-state index in [4.69, 9.17) is 4.74 Å². The van der Waals surface area contributed by atoms with Gasteiger partial charge in [0.25, 0.3) is 5.69 Å². The Bertz CT molecular complexity index is 462. The van der Waals surface area contributed by atoms with Crippen LogP contribution >= 0.6 is 0 Å². The van der Waals surface area contributed by atoms with Gasteiger partial charge in [0.15, 0.2) is 0 Å². The van der Waals surface area contributed by atoms with Crippen molar-refractivity contribution in [3.05, 3.63) is 34.4 Å². The summed E-state index contributed by atoms with van der Waals surface area (Å²) < 4.78 is 5.03. The molecule has 6 nitrogen and oxygen atoms in total. The van der Waals surface area contributed by atoms with E-state index in [1.165, 1.54) is 12.1 Å². The third-order valence-corrected chi connectivity index (χ3v) is 2.96. The molecule has 0 bridgehead atoms. The van der Waals surface area contributed by atoms with Crippen LogP contribution in [0.2, 0.25) is 0 Å². The van der Waals surface area contributed by atoms with Crippen molar-refractivity contribution in [2.24, 2.45) is 5.92 Å². The van der Waals surface area contributed by atoms with Gasteiger partial charge in [-0.2, -0.15) is 0 Å². The van der Waals surface area contributed by atoms with Gasteiger partial charge in [-0.25, -0.2) is 4.79 Å². The van der Waals surface area contributed by atoms with E-state index >= 15 is 0 Å². The Morgan fingerprint density at radius 2 is 2.10 bits per heavy atom. The molecule has 1 aromatic rings. The van der Waals surface area contributed by atoms with Crippen molar-refractivity contribution in [2.45, 2.75) is 33.1 Å². The highest BCUT2D eigenvalue weighted by atomic mass is 16.6. The first kappa shape index (κ1) is 15.9. The van der Waals surface area contributed by atoms with Crippen molar-refractivity contribution in [2.75, 3.05) is 11.9 Å². The largest absolute Gasteiger partial charge is 0.449 e. The van der Waals surface area contributed by atoms with Crippen LogP contribution < -0.4 is 5.32 Å². The van der Waals surface area contributed by atoms with Crippen molar-refractivity contribution in [3.63, 3.8) is 0 Å². The molecule has 0 aliphatic carbocycles. The number of ether oxygens (including phenoxy) is 1. The number of amides is 1. The summed E-state index contributed by atoms with van der Waals surface area (Å²) in [6.07, 6.45) is 2.32. The maximum Gasteiger partial charge on any atom is 0.411 e. The third-order valence-electron chi connectivity index (χ3n) is 2.96. The molecule has 1 unspecified atom stereocenters. The number of nitro groups is 1. The average molecular weight is 280 g/mol. The molecule has 0 heterocycles. The summed E-state index contributed by atoms with van der Waals surface area (Å²) in [4.78, 5) is 21.8. The Morgan fingerprint density at radius 3 is 2.75 bits per heavy atom. The minimum absolute atomic E-state index is 0.143. The zero-order chi connectivity index (χ0) is 15.0. The lowest BCUT2D eigenvalue weighted by atomic mass is 10.0. The smallest absolute Gasteiger partial charge is 0.411 e. The first-order chi connectivity index (χ1) is 9.54. The number of nitrogens with zero attached hydrogens (tertiary/aromatic N) is 1. The lowest BCUT2D eigenvalue weighted by Crippen LogP contribution is -2.16. The maximum absolute atomic E-state index is 11.6. The van der Waals surface area contributed by atoms with Crippen LogP contribution in [0.1, 0.15) is 33.1 Å². The van der Waals surface area contributed by atoms with Crippen molar-refractivity contribution >= 4 is 17.5 Å². The molecule has 0 fully saturated rings. The van der Waals surface area contributed by atoms with Crippen LogP contribution in [0, 0.1) is 16.0 Å². The van der Waals surface area contributed by atoms with E-state index < -0.39 is 11.0 Å². The zero-order valence-corrected chi connectivity index (χ0v) is 11.8. The molecule has 0 saturated carbocycles. The van der Waals surface area contributed by atoms with Crippen molar-refractivity contribution < 1.29 is 14.5 Å². The summed E-state index contributed by atoms with van der Waals surface area (Å²) >= 11 is 0. The second-order valence-corrected chi connectivity index (χ2v) is 4.72. The van der Waals surface area contributed by atoms with E-state index in [9.17, 15) is 14.9 Å². The van der Waals surface area contributed by atoms with E-state index in [0.29, 0.717) is 12.5 Å². The number of benzene rings is 1. The summed E-state index contributed by atoms with van der Waals surface area (Å²) in [6, 6.07) is 5.96. The standard InChI is InChI=1S/C14H20N2O4/c1-3-6-11(2)9-10-20-14(17)15-12-7-4-5-8-13(12)16(18)19/h4-5,7-8,11H,3,6,9-10H2,1-2H3,(H,15,17). The van der Waals surface area contributed by atoms with Gasteiger partial charge in [-0.1, -0.05) is 38.8 Å². The second kappa shape index (κ2) is 8.14. The lowest BCUT2D eigenvalue weighted by molar-refractivity contribution is -0.383. The Kier molecular flexibility index (Phi) is 6.49. The van der Waals surface area contributed by atoms with E-state index in [2.05, 4.69) is 19.2 Å². The predicted octanol–water partition coefficient (Wildman–Crippen LogP) is 3.97. The molecule has 1 N–H and O–H groups in total. The van der Waals surface area contributed by atoms with Crippen LogP contribution in [0.15, 0.2) is 24.3 Å². The molecular weight excluding hydrogens is 260 g/mol. The van der Waals surface area contributed by atoms with Gasteiger partial charge in [-0.3, -0.25) is 15.4 Å². The Balaban J connectivity index is 2.45. The number of hydrogen-bond donors (Lipinski definition) is 1. The summed E-state index contributed by atoms with van der Waals surface area (Å²) in [5.74, 6) is 0.499. The van der Waals surface area contributed by atoms with Crippen molar-refractivity contribution in [1.82, 2.24) is 0 Å². The summed E-state index contributed by atoms with van der Waals surface area (Å²) in [5.41, 5.74) is -0.00657. The van der Waals surface area contributed by atoms with E-state index in [0.717, 1.165) is 19.3 Å². The van der Waals surface area contributed by atoms with Crippen LogP contribution in [-0.2, 0) is 4.74 Å². The van der Waals surface area contributed by atoms with Gasteiger partial charge in [0.1, 0.15) is 5.69 Å². The van der Waals surface area contributed by atoms with Gasteiger partial charge >= 0.3 is 6.09 Å². The number of rotatable bonds is 7. The van der Waals surface area contributed by atoms with Gasteiger partial charge in [0.05, 0.1) is 11.5 Å². The Hall–Kier alpha value is -2.11. The number of nitro benzene ring substituents is 1. The minimum Gasteiger partial charge on any atom is -0.449 e. The third kappa shape index (κ3) is 5.26. The first-order valence-corrected chi connectivity index (χ1v) is 6.71. The molecule has 1 amide bonds. The van der Waals surface area contributed by atoms with Gasteiger partial charge in [-0.05, 0) is 18.4 Å². The number of carbonyl (C=O) groups is 1. The number of carbonyl (C=O) groups excluding carboxylic acids is 1. The minimum atomic E-state index is -0.664. The molecule has 0 spiro atoms. The topological polar surface area (TPSA) is 81.5 Å². The molecule has 0 aromatic heterocycles. The molecule has 0 aliphatic rings. The molecule has 0 radical (unpaired) electrons. The number of nitrogens with one attached hydrogen (secondary N) is 1. The van der Waals surface area contributed by atoms with Gasteiger partial charge in [-0.15, -0.1) is 0 Å². The van der Waals surface area contributed by atoms with Crippen LogP contribution in [0.3, 0.4) is 0 Å². The quantitative estimate of drug-likeness (QED) is 0.605. The fraction of sp³-hybridized carbons (Fsp3) is 0.500. The van der Waals surface area contributed by atoms with Crippen LogP contribution in [0.4, 0.5) is 16.2 Å². The van der Waals surface area contributed by atoms with E-state index in [1.807, 2.05) is 0 Å². The fourth-order valence-electron chi connectivity index (χ4n) is 1.87. The van der Waals surface area contributed by atoms with Crippen LogP contribution in [-0.4, -0.2) is 17.6 Å². The highest BCUT2D eigenvalue weighted by Gasteiger charge is 2.15. The van der Waals surface area contributed by atoms with Crippen molar-refractivity contribution in [1.29, 1.82) is 0 Å². The molecule has 1 rings (SSSR count). The van der Waals surface area contributed by atoms with Gasteiger partial charge in [0, 0.05) is 6.07 Å². The zero-order valence-electron chi connectivity index (χ0n) is 11.8. The summed E-state index contributed by atoms with van der Waals surface area (Å²) in [5, 5.41) is 13.2. The molecule has 0 saturated heterocycles.